The van der Waals surface area contributed by atoms with Crippen molar-refractivity contribution < 1.29 is 4.42 Å². The Balaban J connectivity index is 2.29. The summed E-state index contributed by atoms with van der Waals surface area (Å²) in [5.41, 5.74) is 2.22. The molecule has 0 aliphatic heterocycles. The Labute approximate surface area is 113 Å². The molecule has 3 heteroatoms. The van der Waals surface area contributed by atoms with E-state index in [9.17, 15) is 0 Å². The van der Waals surface area contributed by atoms with Crippen LogP contribution in [0.4, 0.5) is 0 Å². The molecule has 18 heavy (non-hydrogen) atoms. The van der Waals surface area contributed by atoms with Crippen LogP contribution in [0.5, 0.6) is 0 Å². The highest BCUT2D eigenvalue weighted by molar-refractivity contribution is 6.30. The highest BCUT2D eigenvalue weighted by atomic mass is 35.5. The molecule has 1 aromatic heterocycles. The first-order valence-electron chi connectivity index (χ1n) is 6.21. The Morgan fingerprint density at radius 3 is 2.72 bits per heavy atom. The number of aryl methyl sites for hydroxylation is 1. The highest BCUT2D eigenvalue weighted by Gasteiger charge is 2.11. The van der Waals surface area contributed by atoms with E-state index in [2.05, 4.69) is 19.2 Å². The molecule has 1 atom stereocenters. The minimum absolute atomic E-state index is 0.233. The van der Waals surface area contributed by atoms with E-state index >= 15 is 0 Å². The van der Waals surface area contributed by atoms with Gasteiger partial charge in [-0.25, -0.2) is 0 Å². The first-order chi connectivity index (χ1) is 8.61. The predicted octanol–water partition coefficient (Wildman–Crippen LogP) is 4.58. The van der Waals surface area contributed by atoms with E-state index in [1.807, 2.05) is 37.3 Å². The standard InChI is InChI=1S/C15H18ClNO/c1-4-17-11(3)14-7-8-15(18-14)13-6-5-12(16)9-10(13)2/h5-9,11,17H,4H2,1-3H3. The first-order valence-corrected chi connectivity index (χ1v) is 6.59. The van der Waals surface area contributed by atoms with E-state index in [1.54, 1.807) is 0 Å². The first kappa shape index (κ1) is 13.2. The molecule has 0 bridgehead atoms. The van der Waals surface area contributed by atoms with Crippen molar-refractivity contribution in [2.75, 3.05) is 6.54 Å². The summed E-state index contributed by atoms with van der Waals surface area (Å²) in [6.45, 7) is 7.15. The highest BCUT2D eigenvalue weighted by Crippen LogP contribution is 2.29. The minimum atomic E-state index is 0.233. The monoisotopic (exact) mass is 263 g/mol. The number of hydrogen-bond donors (Lipinski definition) is 1. The maximum Gasteiger partial charge on any atom is 0.134 e. The summed E-state index contributed by atoms with van der Waals surface area (Å²) in [6, 6.07) is 10.1. The fraction of sp³-hybridized carbons (Fsp3) is 0.333. The number of benzene rings is 1. The molecule has 0 fully saturated rings. The van der Waals surface area contributed by atoms with Crippen molar-refractivity contribution in [2.45, 2.75) is 26.8 Å². The third-order valence-electron chi connectivity index (χ3n) is 3.02. The molecule has 2 rings (SSSR count). The second-order valence-corrected chi connectivity index (χ2v) is 4.88. The zero-order valence-electron chi connectivity index (χ0n) is 11.0. The number of hydrogen-bond acceptors (Lipinski definition) is 2. The fourth-order valence-electron chi connectivity index (χ4n) is 2.04. The van der Waals surface area contributed by atoms with Crippen LogP contribution in [0.3, 0.4) is 0 Å². The normalized spacial score (nSPS) is 12.7. The van der Waals surface area contributed by atoms with E-state index in [0.717, 1.165) is 34.2 Å². The van der Waals surface area contributed by atoms with Gasteiger partial charge >= 0.3 is 0 Å². The number of rotatable bonds is 4. The van der Waals surface area contributed by atoms with Crippen molar-refractivity contribution in [1.82, 2.24) is 5.32 Å². The van der Waals surface area contributed by atoms with Crippen LogP contribution < -0.4 is 5.32 Å². The second kappa shape index (κ2) is 5.59. The molecule has 0 aliphatic carbocycles. The molecule has 96 valence electrons. The summed E-state index contributed by atoms with van der Waals surface area (Å²) in [5.74, 6) is 1.85. The average Bonchev–Trinajstić information content (AvgIpc) is 2.78. The molecule has 0 saturated heterocycles. The maximum atomic E-state index is 5.96. The predicted molar refractivity (Wildman–Crippen MR) is 76.0 cm³/mol. The van der Waals surface area contributed by atoms with Gasteiger partial charge in [-0.05, 0) is 56.3 Å². The van der Waals surface area contributed by atoms with Crippen molar-refractivity contribution in [3.05, 3.63) is 46.7 Å². The Morgan fingerprint density at radius 1 is 1.28 bits per heavy atom. The van der Waals surface area contributed by atoms with E-state index in [-0.39, 0.29) is 6.04 Å². The van der Waals surface area contributed by atoms with E-state index in [0.29, 0.717) is 0 Å². The summed E-state index contributed by atoms with van der Waals surface area (Å²) in [5, 5.41) is 4.09. The van der Waals surface area contributed by atoms with Crippen molar-refractivity contribution in [3.8, 4) is 11.3 Å². The SMILES string of the molecule is CCNC(C)c1ccc(-c2ccc(Cl)cc2C)o1. The van der Waals surface area contributed by atoms with Crippen molar-refractivity contribution in [3.63, 3.8) is 0 Å². The summed E-state index contributed by atoms with van der Waals surface area (Å²) in [7, 11) is 0. The van der Waals surface area contributed by atoms with Gasteiger partial charge in [0.2, 0.25) is 0 Å². The molecule has 2 aromatic rings. The molecule has 1 unspecified atom stereocenters. The van der Waals surface area contributed by atoms with Crippen LogP contribution in [0.15, 0.2) is 34.7 Å². The lowest BCUT2D eigenvalue weighted by Crippen LogP contribution is -2.16. The molecular formula is C15H18ClNO. The number of furan rings is 1. The van der Waals surface area contributed by atoms with Crippen molar-refractivity contribution in [1.29, 1.82) is 0 Å². The summed E-state index contributed by atoms with van der Waals surface area (Å²) in [6.07, 6.45) is 0. The van der Waals surface area contributed by atoms with Crippen LogP contribution in [0.1, 0.15) is 31.2 Å². The summed E-state index contributed by atoms with van der Waals surface area (Å²) in [4.78, 5) is 0. The fourth-order valence-corrected chi connectivity index (χ4v) is 2.27. The molecule has 0 saturated carbocycles. The van der Waals surface area contributed by atoms with Gasteiger partial charge in [0.1, 0.15) is 11.5 Å². The van der Waals surface area contributed by atoms with Gasteiger partial charge in [-0.2, -0.15) is 0 Å². The largest absolute Gasteiger partial charge is 0.459 e. The molecule has 0 radical (unpaired) electrons. The number of halogens is 1. The van der Waals surface area contributed by atoms with E-state index in [4.69, 9.17) is 16.0 Å². The molecule has 0 aliphatic rings. The second-order valence-electron chi connectivity index (χ2n) is 4.44. The molecular weight excluding hydrogens is 246 g/mol. The van der Waals surface area contributed by atoms with Gasteiger partial charge in [0.15, 0.2) is 0 Å². The van der Waals surface area contributed by atoms with Crippen molar-refractivity contribution in [2.24, 2.45) is 0 Å². The lowest BCUT2D eigenvalue weighted by atomic mass is 10.1. The van der Waals surface area contributed by atoms with Crippen LogP contribution in [-0.2, 0) is 0 Å². The van der Waals surface area contributed by atoms with Gasteiger partial charge in [0.25, 0.3) is 0 Å². The van der Waals surface area contributed by atoms with Gasteiger partial charge < -0.3 is 9.73 Å². The maximum absolute atomic E-state index is 5.96. The lowest BCUT2D eigenvalue weighted by Gasteiger charge is -2.09. The van der Waals surface area contributed by atoms with Crippen LogP contribution in [0, 0.1) is 6.92 Å². The molecule has 0 amide bonds. The zero-order chi connectivity index (χ0) is 13.1. The molecule has 1 aromatic carbocycles. The smallest absolute Gasteiger partial charge is 0.134 e. The zero-order valence-corrected chi connectivity index (χ0v) is 11.7. The Bertz CT molecular complexity index is 533. The van der Waals surface area contributed by atoms with Gasteiger partial charge in [0, 0.05) is 10.6 Å². The number of nitrogens with one attached hydrogen (secondary N) is 1. The van der Waals surface area contributed by atoms with E-state index in [1.165, 1.54) is 0 Å². The third-order valence-corrected chi connectivity index (χ3v) is 3.25. The summed E-state index contributed by atoms with van der Waals surface area (Å²) < 4.78 is 5.90. The molecule has 0 spiro atoms. The van der Waals surface area contributed by atoms with Crippen LogP contribution in [-0.4, -0.2) is 6.54 Å². The third kappa shape index (κ3) is 2.77. The topological polar surface area (TPSA) is 25.2 Å². The van der Waals surface area contributed by atoms with Crippen molar-refractivity contribution >= 4 is 11.6 Å². The Kier molecular flexibility index (Phi) is 4.10. The minimum Gasteiger partial charge on any atom is -0.459 e. The van der Waals surface area contributed by atoms with Gasteiger partial charge in [-0.15, -0.1) is 0 Å². The van der Waals surface area contributed by atoms with E-state index < -0.39 is 0 Å². The van der Waals surface area contributed by atoms with Gasteiger partial charge in [-0.3, -0.25) is 0 Å². The summed E-state index contributed by atoms with van der Waals surface area (Å²) >= 11 is 5.96. The van der Waals surface area contributed by atoms with Crippen LogP contribution in [0.25, 0.3) is 11.3 Å². The Hall–Kier alpha value is -1.25. The molecule has 2 nitrogen and oxygen atoms in total. The lowest BCUT2D eigenvalue weighted by molar-refractivity contribution is 0.445. The van der Waals surface area contributed by atoms with Gasteiger partial charge in [-0.1, -0.05) is 18.5 Å². The van der Waals surface area contributed by atoms with Crippen LogP contribution in [0.2, 0.25) is 5.02 Å². The molecule has 1 N–H and O–H groups in total. The average molecular weight is 264 g/mol. The quantitative estimate of drug-likeness (QED) is 0.874. The Morgan fingerprint density at radius 2 is 2.06 bits per heavy atom. The molecule has 1 heterocycles. The van der Waals surface area contributed by atoms with Gasteiger partial charge in [0.05, 0.1) is 6.04 Å². The van der Waals surface area contributed by atoms with Crippen LogP contribution >= 0.6 is 11.6 Å².